The Hall–Kier alpha value is -2.60. The zero-order chi connectivity index (χ0) is 14.5. The Labute approximate surface area is 117 Å². The summed E-state index contributed by atoms with van der Waals surface area (Å²) in [4.78, 5) is 11.0. The highest BCUT2D eigenvalue weighted by Crippen LogP contribution is 2.23. The molecule has 1 atom stereocenters. The molecule has 0 aliphatic carbocycles. The molecule has 0 spiro atoms. The first-order valence-corrected chi connectivity index (χ1v) is 6.09. The van der Waals surface area contributed by atoms with E-state index in [0.717, 1.165) is 16.7 Å². The van der Waals surface area contributed by atoms with E-state index in [2.05, 4.69) is 5.92 Å². The van der Waals surface area contributed by atoms with Crippen LogP contribution in [0.1, 0.15) is 18.6 Å². The molecule has 1 unspecified atom stereocenters. The lowest BCUT2D eigenvalue weighted by Crippen LogP contribution is -2.06. The highest BCUT2D eigenvalue weighted by atomic mass is 19.1. The van der Waals surface area contributed by atoms with Gasteiger partial charge in [-0.2, -0.15) is 0 Å². The number of hydrogen-bond acceptors (Lipinski definition) is 2. The van der Waals surface area contributed by atoms with Crippen molar-refractivity contribution in [2.24, 2.45) is 0 Å². The summed E-state index contributed by atoms with van der Waals surface area (Å²) in [7, 11) is 0. The van der Waals surface area contributed by atoms with Gasteiger partial charge in [0, 0.05) is 12.5 Å². The smallest absolute Gasteiger partial charge is 0.304 e. The van der Waals surface area contributed by atoms with Gasteiger partial charge in [-0.3, -0.25) is 4.79 Å². The van der Waals surface area contributed by atoms with Crippen LogP contribution in [0.4, 0.5) is 4.39 Å². The van der Waals surface area contributed by atoms with Crippen LogP contribution in [0.3, 0.4) is 0 Å². The van der Waals surface area contributed by atoms with Crippen molar-refractivity contribution in [1.29, 1.82) is 0 Å². The topological polar surface area (TPSA) is 26.3 Å². The van der Waals surface area contributed by atoms with Gasteiger partial charge in [0.2, 0.25) is 0 Å². The van der Waals surface area contributed by atoms with Crippen molar-refractivity contribution in [3.63, 3.8) is 0 Å². The summed E-state index contributed by atoms with van der Waals surface area (Å²) in [5.41, 5.74) is 2.57. The SMILES string of the molecule is C#CC(OC(C)=O)c1ccc(-c2ccc(F)cc2)cc1. The number of ether oxygens (including phenoxy) is 1. The first-order chi connectivity index (χ1) is 9.60. The fourth-order valence-electron chi connectivity index (χ4n) is 1.86. The highest BCUT2D eigenvalue weighted by Gasteiger charge is 2.11. The number of esters is 1. The maximum absolute atomic E-state index is 12.9. The average Bonchev–Trinajstić information content (AvgIpc) is 2.46. The number of hydrogen-bond donors (Lipinski definition) is 0. The maximum Gasteiger partial charge on any atom is 0.304 e. The molecule has 0 bridgehead atoms. The zero-order valence-electron chi connectivity index (χ0n) is 11.0. The molecule has 0 amide bonds. The molecule has 3 heteroatoms. The van der Waals surface area contributed by atoms with Gasteiger partial charge in [-0.05, 0) is 23.3 Å². The molecule has 0 aliphatic rings. The fourth-order valence-corrected chi connectivity index (χ4v) is 1.86. The van der Waals surface area contributed by atoms with Gasteiger partial charge in [-0.15, -0.1) is 6.42 Å². The summed E-state index contributed by atoms with van der Waals surface area (Å²) < 4.78 is 17.9. The molecule has 0 aliphatic heterocycles. The molecular formula is C17H13FO2. The van der Waals surface area contributed by atoms with Gasteiger partial charge < -0.3 is 4.74 Å². The normalized spacial score (nSPS) is 11.4. The Kier molecular flexibility index (Phi) is 4.17. The molecule has 2 aromatic carbocycles. The second-order valence-electron chi connectivity index (χ2n) is 4.29. The third-order valence-corrected chi connectivity index (χ3v) is 2.83. The van der Waals surface area contributed by atoms with Crippen LogP contribution < -0.4 is 0 Å². The lowest BCUT2D eigenvalue weighted by Gasteiger charge is -2.11. The first-order valence-electron chi connectivity index (χ1n) is 6.09. The van der Waals surface area contributed by atoms with E-state index in [-0.39, 0.29) is 5.82 Å². The molecule has 20 heavy (non-hydrogen) atoms. The zero-order valence-corrected chi connectivity index (χ0v) is 11.0. The quantitative estimate of drug-likeness (QED) is 0.626. The lowest BCUT2D eigenvalue weighted by atomic mass is 10.0. The van der Waals surface area contributed by atoms with Gasteiger partial charge in [0.15, 0.2) is 6.10 Å². The van der Waals surface area contributed by atoms with Gasteiger partial charge >= 0.3 is 5.97 Å². The molecule has 0 saturated heterocycles. The van der Waals surface area contributed by atoms with E-state index in [9.17, 15) is 9.18 Å². The molecule has 0 heterocycles. The molecule has 2 aromatic rings. The van der Waals surface area contributed by atoms with Crippen LogP contribution >= 0.6 is 0 Å². The van der Waals surface area contributed by atoms with E-state index in [4.69, 9.17) is 11.2 Å². The summed E-state index contributed by atoms with van der Waals surface area (Å²) >= 11 is 0. The van der Waals surface area contributed by atoms with E-state index in [0.29, 0.717) is 0 Å². The van der Waals surface area contributed by atoms with E-state index in [1.807, 2.05) is 12.1 Å². The lowest BCUT2D eigenvalue weighted by molar-refractivity contribution is -0.144. The average molecular weight is 268 g/mol. The standard InChI is InChI=1S/C17H13FO2/c1-3-17(20-12(2)19)15-6-4-13(5-7-15)14-8-10-16(18)11-9-14/h1,4-11,17H,2H3. The summed E-state index contributed by atoms with van der Waals surface area (Å²) in [6.45, 7) is 1.32. The predicted molar refractivity (Wildman–Crippen MR) is 75.2 cm³/mol. The molecule has 2 nitrogen and oxygen atoms in total. The largest absolute Gasteiger partial charge is 0.444 e. The molecule has 0 saturated carbocycles. The Morgan fingerprint density at radius 2 is 1.60 bits per heavy atom. The van der Waals surface area contributed by atoms with Crippen molar-refractivity contribution >= 4 is 5.97 Å². The van der Waals surface area contributed by atoms with Crippen LogP contribution in [-0.2, 0) is 9.53 Å². The molecule has 100 valence electrons. The summed E-state index contributed by atoms with van der Waals surface area (Å²) in [6.07, 6.45) is 4.66. The van der Waals surface area contributed by atoms with E-state index >= 15 is 0 Å². The van der Waals surface area contributed by atoms with Crippen molar-refractivity contribution in [1.82, 2.24) is 0 Å². The third-order valence-electron chi connectivity index (χ3n) is 2.83. The van der Waals surface area contributed by atoms with Crippen molar-refractivity contribution in [2.75, 3.05) is 0 Å². The van der Waals surface area contributed by atoms with Gasteiger partial charge in [0.05, 0.1) is 0 Å². The Bertz CT molecular complexity index is 636. The van der Waals surface area contributed by atoms with Crippen LogP contribution in [0, 0.1) is 18.2 Å². The third kappa shape index (κ3) is 3.24. The van der Waals surface area contributed by atoms with Crippen LogP contribution in [0.5, 0.6) is 0 Å². The van der Waals surface area contributed by atoms with Gasteiger partial charge in [0.25, 0.3) is 0 Å². The van der Waals surface area contributed by atoms with Crippen LogP contribution in [0.25, 0.3) is 11.1 Å². The van der Waals surface area contributed by atoms with Crippen LogP contribution in [0.2, 0.25) is 0 Å². The Morgan fingerprint density at radius 1 is 1.10 bits per heavy atom. The fraction of sp³-hybridized carbons (Fsp3) is 0.118. The minimum Gasteiger partial charge on any atom is -0.444 e. The number of halogens is 1. The highest BCUT2D eigenvalue weighted by molar-refractivity contribution is 5.67. The van der Waals surface area contributed by atoms with Crippen molar-refractivity contribution in [3.8, 4) is 23.5 Å². The number of carbonyl (C=O) groups is 1. The van der Waals surface area contributed by atoms with Gasteiger partial charge in [-0.1, -0.05) is 42.3 Å². The van der Waals surface area contributed by atoms with E-state index in [1.54, 1.807) is 24.3 Å². The van der Waals surface area contributed by atoms with Gasteiger partial charge in [-0.25, -0.2) is 4.39 Å². The minimum absolute atomic E-state index is 0.271. The van der Waals surface area contributed by atoms with Crippen molar-refractivity contribution in [3.05, 3.63) is 59.9 Å². The van der Waals surface area contributed by atoms with Crippen LogP contribution in [0.15, 0.2) is 48.5 Å². The number of benzene rings is 2. The van der Waals surface area contributed by atoms with Crippen LogP contribution in [-0.4, -0.2) is 5.97 Å². The Balaban J connectivity index is 2.23. The monoisotopic (exact) mass is 268 g/mol. The predicted octanol–water partition coefficient (Wildman–Crippen LogP) is 3.73. The second kappa shape index (κ2) is 6.03. The molecular weight excluding hydrogens is 255 g/mol. The molecule has 0 fully saturated rings. The number of terminal acetylenes is 1. The second-order valence-corrected chi connectivity index (χ2v) is 4.29. The minimum atomic E-state index is -0.685. The van der Waals surface area contributed by atoms with Crippen molar-refractivity contribution < 1.29 is 13.9 Å². The maximum atomic E-state index is 12.9. The van der Waals surface area contributed by atoms with Crippen molar-refractivity contribution in [2.45, 2.75) is 13.0 Å². The summed E-state index contributed by atoms with van der Waals surface area (Å²) in [5.74, 6) is 1.73. The summed E-state index contributed by atoms with van der Waals surface area (Å²) in [5, 5.41) is 0. The number of rotatable bonds is 3. The van der Waals surface area contributed by atoms with Gasteiger partial charge in [0.1, 0.15) is 5.82 Å². The number of carbonyl (C=O) groups excluding carboxylic acids is 1. The molecule has 0 N–H and O–H groups in total. The summed E-state index contributed by atoms with van der Waals surface area (Å²) in [6, 6.07) is 13.5. The molecule has 0 radical (unpaired) electrons. The molecule has 0 aromatic heterocycles. The Morgan fingerprint density at radius 3 is 2.05 bits per heavy atom. The first kappa shape index (κ1) is 13.8. The van der Waals surface area contributed by atoms with E-state index < -0.39 is 12.1 Å². The molecule has 2 rings (SSSR count). The van der Waals surface area contributed by atoms with E-state index in [1.165, 1.54) is 19.1 Å².